The fourth-order valence-corrected chi connectivity index (χ4v) is 3.59. The standard InChI is InChI=1S/C14H26N4/c1-13(2,3)17-12-14(5-7-15-8-6-14)18-9-4-11(10-18)16-12/h11,15H,4-10H2,1-3H3,(H,16,17)/t11-/m1/s1. The van der Waals surface area contributed by atoms with E-state index in [-0.39, 0.29) is 11.1 Å². The third-order valence-corrected chi connectivity index (χ3v) is 4.45. The second-order valence-electron chi connectivity index (χ2n) is 7.02. The summed E-state index contributed by atoms with van der Waals surface area (Å²) in [5, 5.41) is 7.19. The lowest BCUT2D eigenvalue weighted by molar-refractivity contribution is 0.130. The Kier molecular flexibility index (Phi) is 2.90. The fourth-order valence-electron chi connectivity index (χ4n) is 3.59. The predicted octanol–water partition coefficient (Wildman–Crippen LogP) is 0.983. The minimum absolute atomic E-state index is 0.106. The van der Waals surface area contributed by atoms with Crippen molar-refractivity contribution in [2.45, 2.75) is 57.2 Å². The van der Waals surface area contributed by atoms with Crippen molar-refractivity contribution in [1.29, 1.82) is 0 Å². The van der Waals surface area contributed by atoms with Gasteiger partial charge in [-0.15, -0.1) is 0 Å². The molecule has 102 valence electrons. The summed E-state index contributed by atoms with van der Waals surface area (Å²) in [5.41, 5.74) is 0.306. The van der Waals surface area contributed by atoms with Crippen LogP contribution in [0.15, 0.2) is 4.99 Å². The number of piperidine rings is 1. The first-order valence-electron chi connectivity index (χ1n) is 7.32. The summed E-state index contributed by atoms with van der Waals surface area (Å²) in [7, 11) is 0. The predicted molar refractivity (Wildman–Crippen MR) is 75.1 cm³/mol. The Morgan fingerprint density at radius 1 is 1.33 bits per heavy atom. The maximum atomic E-state index is 5.04. The van der Waals surface area contributed by atoms with E-state index in [0.29, 0.717) is 6.04 Å². The lowest BCUT2D eigenvalue weighted by Gasteiger charge is -2.49. The van der Waals surface area contributed by atoms with E-state index in [1.165, 1.54) is 38.2 Å². The van der Waals surface area contributed by atoms with Gasteiger partial charge in [0.1, 0.15) is 5.84 Å². The van der Waals surface area contributed by atoms with Gasteiger partial charge in [0.2, 0.25) is 0 Å². The van der Waals surface area contributed by atoms with Gasteiger partial charge < -0.3 is 10.6 Å². The summed E-state index contributed by atoms with van der Waals surface area (Å²) >= 11 is 0. The van der Waals surface area contributed by atoms with Gasteiger partial charge in [-0.05, 0) is 53.1 Å². The van der Waals surface area contributed by atoms with Gasteiger partial charge >= 0.3 is 0 Å². The summed E-state index contributed by atoms with van der Waals surface area (Å²) in [6.07, 6.45) is 3.63. The Bertz CT molecular complexity index is 349. The number of fused-ring (bicyclic) bond motifs is 3. The van der Waals surface area contributed by atoms with Gasteiger partial charge in [0.25, 0.3) is 0 Å². The van der Waals surface area contributed by atoms with Crippen molar-refractivity contribution >= 4 is 5.84 Å². The first-order chi connectivity index (χ1) is 8.50. The zero-order chi connectivity index (χ0) is 12.8. The molecule has 1 spiro atoms. The molecule has 2 bridgehead atoms. The van der Waals surface area contributed by atoms with Crippen molar-refractivity contribution in [2.24, 2.45) is 4.99 Å². The van der Waals surface area contributed by atoms with Gasteiger partial charge in [0.15, 0.2) is 0 Å². The van der Waals surface area contributed by atoms with Gasteiger partial charge in [-0.25, -0.2) is 0 Å². The summed E-state index contributed by atoms with van der Waals surface area (Å²) in [5.74, 6) is 1.27. The van der Waals surface area contributed by atoms with Crippen LogP contribution in [-0.2, 0) is 0 Å². The van der Waals surface area contributed by atoms with Crippen molar-refractivity contribution in [1.82, 2.24) is 15.5 Å². The quantitative estimate of drug-likeness (QED) is 0.673. The number of hydrogen-bond donors (Lipinski definition) is 2. The Labute approximate surface area is 110 Å². The largest absolute Gasteiger partial charge is 0.368 e. The molecule has 2 saturated heterocycles. The third-order valence-electron chi connectivity index (χ3n) is 4.45. The Hall–Kier alpha value is -0.610. The van der Waals surface area contributed by atoms with Gasteiger partial charge in [-0.1, -0.05) is 0 Å². The number of hydrogen-bond acceptors (Lipinski definition) is 4. The van der Waals surface area contributed by atoms with Crippen LogP contribution in [0.4, 0.5) is 0 Å². The summed E-state index contributed by atoms with van der Waals surface area (Å²) < 4.78 is 0. The average molecular weight is 250 g/mol. The Balaban J connectivity index is 1.92. The molecule has 0 aromatic carbocycles. The van der Waals surface area contributed by atoms with Crippen molar-refractivity contribution in [3.8, 4) is 0 Å². The molecule has 1 unspecified atom stereocenters. The molecule has 3 aliphatic rings. The molecule has 0 amide bonds. The van der Waals surface area contributed by atoms with Crippen LogP contribution in [0.2, 0.25) is 0 Å². The summed E-state index contributed by atoms with van der Waals surface area (Å²) in [6, 6.07) is 0.537. The normalized spacial score (nSPS) is 34.5. The molecular formula is C14H26N4. The number of amidine groups is 1. The molecular weight excluding hydrogens is 224 g/mol. The average Bonchev–Trinajstić information content (AvgIpc) is 2.71. The molecule has 3 rings (SSSR count). The van der Waals surface area contributed by atoms with Crippen LogP contribution >= 0.6 is 0 Å². The number of aliphatic imine (C=N–C) groups is 1. The number of rotatable bonds is 0. The second kappa shape index (κ2) is 4.20. The van der Waals surface area contributed by atoms with E-state index < -0.39 is 0 Å². The molecule has 4 heteroatoms. The van der Waals surface area contributed by atoms with Crippen LogP contribution < -0.4 is 10.6 Å². The van der Waals surface area contributed by atoms with Gasteiger partial charge in [-0.3, -0.25) is 9.89 Å². The molecule has 3 aliphatic heterocycles. The Morgan fingerprint density at radius 2 is 2.06 bits per heavy atom. The smallest absolute Gasteiger partial charge is 0.118 e. The van der Waals surface area contributed by atoms with Crippen LogP contribution in [-0.4, -0.2) is 54.0 Å². The lowest BCUT2D eigenvalue weighted by Crippen LogP contribution is -2.66. The zero-order valence-corrected chi connectivity index (χ0v) is 11.9. The van der Waals surface area contributed by atoms with Gasteiger partial charge in [0, 0.05) is 18.6 Å². The van der Waals surface area contributed by atoms with Gasteiger partial charge in [0.05, 0.1) is 11.6 Å². The van der Waals surface area contributed by atoms with E-state index in [9.17, 15) is 0 Å². The molecule has 2 fully saturated rings. The fraction of sp³-hybridized carbons (Fsp3) is 0.929. The highest BCUT2D eigenvalue weighted by molar-refractivity contribution is 5.93. The number of nitrogens with zero attached hydrogens (tertiary/aromatic N) is 2. The maximum absolute atomic E-state index is 5.04. The monoisotopic (exact) mass is 250 g/mol. The van der Waals surface area contributed by atoms with Crippen molar-refractivity contribution < 1.29 is 0 Å². The molecule has 0 aromatic heterocycles. The highest BCUT2D eigenvalue weighted by Crippen LogP contribution is 2.36. The van der Waals surface area contributed by atoms with E-state index in [0.717, 1.165) is 13.1 Å². The summed E-state index contributed by atoms with van der Waals surface area (Å²) in [4.78, 5) is 7.73. The van der Waals surface area contributed by atoms with Crippen molar-refractivity contribution in [3.63, 3.8) is 0 Å². The molecule has 2 atom stereocenters. The van der Waals surface area contributed by atoms with E-state index >= 15 is 0 Å². The highest BCUT2D eigenvalue weighted by Gasteiger charge is 2.49. The van der Waals surface area contributed by atoms with Crippen LogP contribution in [0, 0.1) is 0 Å². The minimum atomic E-state index is 0.106. The van der Waals surface area contributed by atoms with Gasteiger partial charge in [-0.2, -0.15) is 0 Å². The summed E-state index contributed by atoms with van der Waals surface area (Å²) in [6.45, 7) is 11.3. The van der Waals surface area contributed by atoms with E-state index in [1.807, 2.05) is 0 Å². The van der Waals surface area contributed by atoms with Crippen LogP contribution in [0.1, 0.15) is 40.0 Å². The van der Waals surface area contributed by atoms with E-state index in [2.05, 4.69) is 36.3 Å². The third kappa shape index (κ3) is 2.05. The molecule has 0 radical (unpaired) electrons. The first kappa shape index (κ1) is 12.4. The second-order valence-corrected chi connectivity index (χ2v) is 7.02. The number of nitrogens with one attached hydrogen (secondary N) is 2. The molecule has 0 aromatic rings. The maximum Gasteiger partial charge on any atom is 0.118 e. The van der Waals surface area contributed by atoms with E-state index in [4.69, 9.17) is 4.99 Å². The Morgan fingerprint density at radius 3 is 2.72 bits per heavy atom. The molecule has 4 nitrogen and oxygen atoms in total. The lowest BCUT2D eigenvalue weighted by atomic mass is 9.83. The van der Waals surface area contributed by atoms with Crippen LogP contribution in [0.5, 0.6) is 0 Å². The van der Waals surface area contributed by atoms with Crippen molar-refractivity contribution in [2.75, 3.05) is 26.2 Å². The van der Waals surface area contributed by atoms with Crippen molar-refractivity contribution in [3.05, 3.63) is 0 Å². The molecule has 2 N–H and O–H groups in total. The van der Waals surface area contributed by atoms with Crippen LogP contribution in [0.25, 0.3) is 0 Å². The van der Waals surface area contributed by atoms with E-state index in [1.54, 1.807) is 0 Å². The topological polar surface area (TPSA) is 39.7 Å². The SMILES string of the molecule is CC(C)(C)NC1=N[C@@H]2CCN(C2)C12CCNCC2. The molecule has 0 saturated carbocycles. The van der Waals surface area contributed by atoms with Crippen LogP contribution in [0.3, 0.4) is 0 Å². The zero-order valence-electron chi connectivity index (χ0n) is 11.9. The molecule has 0 aliphatic carbocycles. The highest BCUT2D eigenvalue weighted by atomic mass is 15.3. The minimum Gasteiger partial charge on any atom is -0.368 e. The molecule has 18 heavy (non-hydrogen) atoms. The first-order valence-corrected chi connectivity index (χ1v) is 7.32. The molecule has 3 heterocycles.